The molecule has 0 saturated carbocycles. The zero-order chi connectivity index (χ0) is 14.4. The molecule has 0 aliphatic carbocycles. The van der Waals surface area contributed by atoms with Crippen LogP contribution in [-0.4, -0.2) is 31.3 Å². The van der Waals surface area contributed by atoms with Crippen LogP contribution < -0.4 is 19.5 Å². The van der Waals surface area contributed by atoms with E-state index in [9.17, 15) is 0 Å². The molecule has 20 heavy (non-hydrogen) atoms. The van der Waals surface area contributed by atoms with Crippen LogP contribution in [0.15, 0.2) is 24.5 Å². The van der Waals surface area contributed by atoms with E-state index < -0.39 is 0 Å². The number of nitrogens with zero attached hydrogens (tertiary/aromatic N) is 1. The number of aromatic nitrogens is 2. The van der Waals surface area contributed by atoms with Gasteiger partial charge in [0.15, 0.2) is 11.5 Å². The van der Waals surface area contributed by atoms with Crippen molar-refractivity contribution in [1.29, 1.82) is 0 Å². The molecule has 6 heteroatoms. The van der Waals surface area contributed by atoms with E-state index in [1.54, 1.807) is 33.7 Å². The Morgan fingerprint density at radius 1 is 1.05 bits per heavy atom. The molecule has 1 aromatic heterocycles. The number of imidazole rings is 1. The molecule has 6 nitrogen and oxygen atoms in total. The molecule has 2 aromatic rings. The third-order valence-electron chi connectivity index (χ3n) is 2.90. The van der Waals surface area contributed by atoms with Gasteiger partial charge in [0, 0.05) is 18.9 Å². The van der Waals surface area contributed by atoms with Gasteiger partial charge < -0.3 is 24.5 Å². The maximum Gasteiger partial charge on any atom is 0.203 e. The lowest BCUT2D eigenvalue weighted by molar-refractivity contribution is 0.323. The molecule has 0 unspecified atom stereocenters. The first-order chi connectivity index (χ1) is 9.78. The number of nitrogens with one attached hydrogen (secondary N) is 2. The molecule has 0 aliphatic heterocycles. The summed E-state index contributed by atoms with van der Waals surface area (Å²) in [5.41, 5.74) is 1.05. The molecule has 0 aliphatic rings. The van der Waals surface area contributed by atoms with Gasteiger partial charge in [-0.15, -0.1) is 0 Å². The lowest BCUT2D eigenvalue weighted by Crippen LogP contribution is -2.14. The fourth-order valence-electron chi connectivity index (χ4n) is 1.96. The molecule has 108 valence electrons. The van der Waals surface area contributed by atoms with Crippen molar-refractivity contribution in [2.45, 2.75) is 13.1 Å². The Kier molecular flexibility index (Phi) is 4.84. The van der Waals surface area contributed by atoms with Crippen LogP contribution in [0.25, 0.3) is 0 Å². The highest BCUT2D eigenvalue weighted by molar-refractivity contribution is 5.53. The molecule has 0 radical (unpaired) electrons. The maximum absolute atomic E-state index is 5.32. The molecular weight excluding hydrogens is 258 g/mol. The Morgan fingerprint density at radius 2 is 1.75 bits per heavy atom. The Labute approximate surface area is 118 Å². The average Bonchev–Trinajstić information content (AvgIpc) is 2.99. The van der Waals surface area contributed by atoms with Crippen LogP contribution in [-0.2, 0) is 13.1 Å². The Morgan fingerprint density at radius 3 is 2.25 bits per heavy atom. The topological polar surface area (TPSA) is 68.4 Å². The number of H-pyrrole nitrogens is 1. The summed E-state index contributed by atoms with van der Waals surface area (Å²) in [5.74, 6) is 2.81. The van der Waals surface area contributed by atoms with Gasteiger partial charge in [-0.3, -0.25) is 0 Å². The van der Waals surface area contributed by atoms with Gasteiger partial charge in [0.2, 0.25) is 5.75 Å². The van der Waals surface area contributed by atoms with E-state index in [0.29, 0.717) is 30.3 Å². The van der Waals surface area contributed by atoms with Gasteiger partial charge >= 0.3 is 0 Å². The predicted octanol–water partition coefficient (Wildman–Crippen LogP) is 1.73. The number of benzene rings is 1. The molecule has 0 fully saturated rings. The van der Waals surface area contributed by atoms with E-state index in [1.807, 2.05) is 12.1 Å². The van der Waals surface area contributed by atoms with Gasteiger partial charge in [-0.2, -0.15) is 0 Å². The van der Waals surface area contributed by atoms with E-state index in [0.717, 1.165) is 11.4 Å². The fraction of sp³-hybridized carbons (Fsp3) is 0.357. The van der Waals surface area contributed by atoms with Crippen LogP contribution in [0.3, 0.4) is 0 Å². The summed E-state index contributed by atoms with van der Waals surface area (Å²) in [6.45, 7) is 1.35. The van der Waals surface area contributed by atoms with Gasteiger partial charge in [0.1, 0.15) is 5.82 Å². The number of ether oxygens (including phenoxy) is 3. The average molecular weight is 277 g/mol. The first kappa shape index (κ1) is 14.2. The first-order valence-electron chi connectivity index (χ1n) is 6.26. The molecule has 0 spiro atoms. The van der Waals surface area contributed by atoms with Crippen molar-refractivity contribution in [3.8, 4) is 17.2 Å². The fourth-order valence-corrected chi connectivity index (χ4v) is 1.96. The lowest BCUT2D eigenvalue weighted by Gasteiger charge is -2.14. The molecule has 2 N–H and O–H groups in total. The Hall–Kier alpha value is -2.21. The van der Waals surface area contributed by atoms with Crippen LogP contribution in [0.2, 0.25) is 0 Å². The summed E-state index contributed by atoms with van der Waals surface area (Å²) in [6, 6.07) is 3.85. The molecule has 2 rings (SSSR count). The SMILES string of the molecule is COc1cc(CNCc2ncc[nH]2)cc(OC)c1OC. The zero-order valence-corrected chi connectivity index (χ0v) is 11.9. The van der Waals surface area contributed by atoms with E-state index in [-0.39, 0.29) is 0 Å². The third kappa shape index (κ3) is 3.21. The predicted molar refractivity (Wildman–Crippen MR) is 75.2 cm³/mol. The van der Waals surface area contributed by atoms with Crippen molar-refractivity contribution in [3.63, 3.8) is 0 Å². The molecule has 0 bridgehead atoms. The first-order valence-corrected chi connectivity index (χ1v) is 6.26. The van der Waals surface area contributed by atoms with Crippen molar-refractivity contribution >= 4 is 0 Å². The highest BCUT2D eigenvalue weighted by Crippen LogP contribution is 2.38. The van der Waals surface area contributed by atoms with Crippen LogP contribution in [0.4, 0.5) is 0 Å². The summed E-state index contributed by atoms with van der Waals surface area (Å²) in [7, 11) is 4.81. The summed E-state index contributed by atoms with van der Waals surface area (Å²) < 4.78 is 15.9. The second kappa shape index (κ2) is 6.81. The van der Waals surface area contributed by atoms with E-state index in [4.69, 9.17) is 14.2 Å². The summed E-state index contributed by atoms with van der Waals surface area (Å²) in [6.07, 6.45) is 3.53. The minimum atomic E-state index is 0.602. The number of rotatable bonds is 7. The van der Waals surface area contributed by atoms with E-state index in [2.05, 4.69) is 15.3 Å². The summed E-state index contributed by atoms with van der Waals surface area (Å²) in [5, 5.41) is 3.30. The lowest BCUT2D eigenvalue weighted by atomic mass is 10.1. The smallest absolute Gasteiger partial charge is 0.203 e. The van der Waals surface area contributed by atoms with Crippen molar-refractivity contribution in [2.75, 3.05) is 21.3 Å². The largest absolute Gasteiger partial charge is 0.493 e. The number of methoxy groups -OCH3 is 3. The molecule has 1 aromatic carbocycles. The third-order valence-corrected chi connectivity index (χ3v) is 2.90. The molecule has 1 heterocycles. The van der Waals surface area contributed by atoms with E-state index in [1.165, 1.54) is 0 Å². The number of hydrogen-bond donors (Lipinski definition) is 2. The Bertz CT molecular complexity index is 516. The molecular formula is C14H19N3O3. The number of hydrogen-bond acceptors (Lipinski definition) is 5. The van der Waals surface area contributed by atoms with Crippen molar-refractivity contribution in [2.24, 2.45) is 0 Å². The second-order valence-electron chi connectivity index (χ2n) is 4.17. The monoisotopic (exact) mass is 277 g/mol. The van der Waals surface area contributed by atoms with Crippen LogP contribution >= 0.6 is 0 Å². The van der Waals surface area contributed by atoms with Crippen LogP contribution in [0.1, 0.15) is 11.4 Å². The van der Waals surface area contributed by atoms with E-state index >= 15 is 0 Å². The summed E-state index contributed by atoms with van der Waals surface area (Å²) in [4.78, 5) is 7.20. The van der Waals surface area contributed by atoms with Crippen LogP contribution in [0, 0.1) is 0 Å². The number of aromatic amines is 1. The molecule has 0 amide bonds. The van der Waals surface area contributed by atoms with Gasteiger partial charge in [-0.1, -0.05) is 0 Å². The minimum Gasteiger partial charge on any atom is -0.493 e. The van der Waals surface area contributed by atoms with Crippen molar-refractivity contribution < 1.29 is 14.2 Å². The molecule has 0 saturated heterocycles. The Balaban J connectivity index is 2.07. The highest BCUT2D eigenvalue weighted by Gasteiger charge is 2.12. The van der Waals surface area contributed by atoms with Gasteiger partial charge in [0.25, 0.3) is 0 Å². The molecule has 0 atom stereocenters. The van der Waals surface area contributed by atoms with Gasteiger partial charge in [0.05, 0.1) is 27.9 Å². The quantitative estimate of drug-likeness (QED) is 0.806. The minimum absolute atomic E-state index is 0.602. The summed E-state index contributed by atoms with van der Waals surface area (Å²) >= 11 is 0. The second-order valence-corrected chi connectivity index (χ2v) is 4.17. The highest BCUT2D eigenvalue weighted by atomic mass is 16.5. The maximum atomic E-state index is 5.32. The zero-order valence-electron chi connectivity index (χ0n) is 11.9. The van der Waals surface area contributed by atoms with Crippen LogP contribution in [0.5, 0.6) is 17.2 Å². The van der Waals surface area contributed by atoms with Gasteiger partial charge in [-0.25, -0.2) is 4.98 Å². The van der Waals surface area contributed by atoms with Gasteiger partial charge in [-0.05, 0) is 17.7 Å². The standard InChI is InChI=1S/C14H19N3O3/c1-18-11-6-10(7-12(19-2)14(11)20-3)8-15-9-13-16-4-5-17-13/h4-7,15H,8-9H2,1-3H3,(H,16,17). The van der Waals surface area contributed by atoms with Crippen molar-refractivity contribution in [3.05, 3.63) is 35.9 Å². The van der Waals surface area contributed by atoms with Crippen molar-refractivity contribution in [1.82, 2.24) is 15.3 Å². The normalized spacial score (nSPS) is 10.3.